The monoisotopic (exact) mass is 302 g/mol. The van der Waals surface area contributed by atoms with Crippen LogP contribution < -0.4 is 4.74 Å². The van der Waals surface area contributed by atoms with E-state index in [-0.39, 0.29) is 0 Å². The van der Waals surface area contributed by atoms with Crippen LogP contribution in [0.2, 0.25) is 5.02 Å². The highest BCUT2D eigenvalue weighted by Crippen LogP contribution is 2.37. The molecular weight excluding hydrogens is 288 g/mol. The Morgan fingerprint density at radius 3 is 2.71 bits per heavy atom. The van der Waals surface area contributed by atoms with Crippen LogP contribution in [-0.4, -0.2) is 33.7 Å². The van der Waals surface area contributed by atoms with Crippen LogP contribution in [0.3, 0.4) is 0 Å². The number of aryl methyl sites for hydroxylation is 1. The molecule has 0 unspecified atom stereocenters. The number of fused-ring (bicyclic) bond motifs is 6. The van der Waals surface area contributed by atoms with Crippen LogP contribution in [0.15, 0.2) is 12.1 Å². The van der Waals surface area contributed by atoms with Gasteiger partial charge in [0.15, 0.2) is 5.65 Å². The molecule has 0 fully saturated rings. The zero-order chi connectivity index (χ0) is 14.7. The quantitative estimate of drug-likeness (QED) is 0.693. The lowest BCUT2D eigenvalue weighted by atomic mass is 10.0. The predicted octanol–water partition coefficient (Wildman–Crippen LogP) is 2.80. The van der Waals surface area contributed by atoms with E-state index >= 15 is 0 Å². The first-order valence-electron chi connectivity index (χ1n) is 6.81. The molecule has 21 heavy (non-hydrogen) atoms. The second-order valence-electron chi connectivity index (χ2n) is 5.54. The van der Waals surface area contributed by atoms with Crippen LogP contribution in [-0.2, 0) is 13.1 Å². The van der Waals surface area contributed by atoms with Gasteiger partial charge in [-0.25, -0.2) is 0 Å². The number of hydrogen-bond acceptors (Lipinski definition) is 4. The van der Waals surface area contributed by atoms with E-state index in [1.807, 2.05) is 19.1 Å². The molecule has 1 aliphatic rings. The van der Waals surface area contributed by atoms with Gasteiger partial charge in [-0.2, -0.15) is 0 Å². The van der Waals surface area contributed by atoms with Crippen LogP contribution in [0.4, 0.5) is 0 Å². The molecule has 5 nitrogen and oxygen atoms in total. The molecule has 0 aliphatic carbocycles. The summed E-state index contributed by atoms with van der Waals surface area (Å²) in [6, 6.07) is 3.96. The summed E-state index contributed by atoms with van der Waals surface area (Å²) >= 11 is 6.31. The standard InChI is InChI=1S/C15H15ClN4O/c1-8-17-18-15-11-7-19(2)6-10(11)9-4-14(21-3)12(16)5-13(9)20(8)15/h4-5H,6-7H2,1-3H3. The predicted molar refractivity (Wildman–Crippen MR) is 82.0 cm³/mol. The number of halogens is 1. The fraction of sp³-hybridized carbons (Fsp3) is 0.333. The molecule has 0 radical (unpaired) electrons. The first kappa shape index (κ1) is 12.9. The van der Waals surface area contributed by atoms with Gasteiger partial charge in [0.2, 0.25) is 0 Å². The second-order valence-corrected chi connectivity index (χ2v) is 5.95. The Balaban J connectivity index is 2.23. The molecule has 2 aromatic heterocycles. The van der Waals surface area contributed by atoms with Crippen LogP contribution in [0.5, 0.6) is 5.75 Å². The van der Waals surface area contributed by atoms with E-state index < -0.39 is 0 Å². The Labute approximate surface area is 127 Å². The molecule has 0 bridgehead atoms. The van der Waals surface area contributed by atoms with Crippen molar-refractivity contribution >= 4 is 28.2 Å². The second kappa shape index (κ2) is 4.32. The Bertz CT molecular complexity index is 887. The van der Waals surface area contributed by atoms with Crippen LogP contribution in [0.1, 0.15) is 17.0 Å². The summed E-state index contributed by atoms with van der Waals surface area (Å²) < 4.78 is 7.46. The van der Waals surface area contributed by atoms with Gasteiger partial charge < -0.3 is 4.74 Å². The Hall–Kier alpha value is -1.85. The van der Waals surface area contributed by atoms with Crippen molar-refractivity contribution in [1.82, 2.24) is 19.5 Å². The molecule has 0 saturated carbocycles. The normalized spacial score (nSPS) is 15.0. The van der Waals surface area contributed by atoms with Gasteiger partial charge in [0.1, 0.15) is 11.6 Å². The number of methoxy groups -OCH3 is 1. The van der Waals surface area contributed by atoms with Gasteiger partial charge in [-0.1, -0.05) is 11.6 Å². The zero-order valence-electron chi connectivity index (χ0n) is 12.1. The van der Waals surface area contributed by atoms with Gasteiger partial charge in [-0.15, -0.1) is 10.2 Å². The summed E-state index contributed by atoms with van der Waals surface area (Å²) in [5, 5.41) is 10.4. The topological polar surface area (TPSA) is 42.7 Å². The summed E-state index contributed by atoms with van der Waals surface area (Å²) in [5.74, 6) is 1.57. The van der Waals surface area contributed by atoms with Gasteiger partial charge in [-0.05, 0) is 31.7 Å². The fourth-order valence-corrected chi connectivity index (χ4v) is 3.45. The van der Waals surface area contributed by atoms with E-state index in [0.29, 0.717) is 10.8 Å². The van der Waals surface area contributed by atoms with Crippen LogP contribution in [0.25, 0.3) is 16.6 Å². The average Bonchev–Trinajstić information content (AvgIpc) is 3.01. The third-order valence-corrected chi connectivity index (χ3v) is 4.45. The SMILES string of the molecule is COc1cc2c3c(c4nnc(C)n4c2cc1Cl)CN(C)C3. The van der Waals surface area contributed by atoms with E-state index in [2.05, 4.69) is 26.5 Å². The molecule has 0 N–H and O–H groups in total. The Morgan fingerprint density at radius 1 is 1.19 bits per heavy atom. The molecule has 3 aromatic rings. The summed E-state index contributed by atoms with van der Waals surface area (Å²) in [6.45, 7) is 3.75. The van der Waals surface area contributed by atoms with Crippen molar-refractivity contribution in [3.05, 3.63) is 34.1 Å². The maximum absolute atomic E-state index is 6.31. The number of hydrogen-bond donors (Lipinski definition) is 0. The maximum atomic E-state index is 6.31. The molecular formula is C15H15ClN4O. The molecule has 0 saturated heterocycles. The third kappa shape index (κ3) is 1.68. The molecule has 3 heterocycles. The minimum atomic E-state index is 0.603. The van der Waals surface area contributed by atoms with Crippen molar-refractivity contribution in [1.29, 1.82) is 0 Å². The molecule has 4 rings (SSSR count). The maximum Gasteiger partial charge on any atom is 0.166 e. The molecule has 1 aliphatic heterocycles. The van der Waals surface area contributed by atoms with Gasteiger partial charge in [-0.3, -0.25) is 9.30 Å². The van der Waals surface area contributed by atoms with Crippen molar-refractivity contribution in [3.63, 3.8) is 0 Å². The molecule has 0 amide bonds. The van der Waals surface area contributed by atoms with Gasteiger partial charge >= 0.3 is 0 Å². The highest BCUT2D eigenvalue weighted by molar-refractivity contribution is 6.32. The smallest absolute Gasteiger partial charge is 0.166 e. The summed E-state index contributed by atoms with van der Waals surface area (Å²) in [4.78, 5) is 2.27. The highest BCUT2D eigenvalue weighted by atomic mass is 35.5. The minimum Gasteiger partial charge on any atom is -0.495 e. The summed E-state index contributed by atoms with van der Waals surface area (Å²) in [6.07, 6.45) is 0. The van der Waals surface area contributed by atoms with Crippen molar-refractivity contribution in [3.8, 4) is 5.75 Å². The van der Waals surface area contributed by atoms with E-state index in [4.69, 9.17) is 16.3 Å². The number of ether oxygens (including phenoxy) is 1. The third-order valence-electron chi connectivity index (χ3n) is 4.15. The number of benzene rings is 1. The first-order chi connectivity index (χ1) is 10.1. The highest BCUT2D eigenvalue weighted by Gasteiger charge is 2.25. The van der Waals surface area contributed by atoms with Crippen molar-refractivity contribution in [2.24, 2.45) is 0 Å². The average molecular weight is 303 g/mol. The zero-order valence-corrected chi connectivity index (χ0v) is 12.9. The van der Waals surface area contributed by atoms with Crippen LogP contribution in [0, 0.1) is 6.92 Å². The molecule has 0 atom stereocenters. The van der Waals surface area contributed by atoms with Crippen molar-refractivity contribution in [2.45, 2.75) is 20.0 Å². The summed E-state index contributed by atoms with van der Waals surface area (Å²) in [7, 11) is 3.75. The van der Waals surface area contributed by atoms with Gasteiger partial charge in [0.05, 0.1) is 17.6 Å². The molecule has 108 valence electrons. The van der Waals surface area contributed by atoms with Gasteiger partial charge in [0, 0.05) is 24.0 Å². The molecule has 0 spiro atoms. The number of aromatic nitrogens is 3. The number of nitrogens with zero attached hydrogens (tertiary/aromatic N) is 4. The minimum absolute atomic E-state index is 0.603. The van der Waals surface area contributed by atoms with Crippen molar-refractivity contribution in [2.75, 3.05) is 14.2 Å². The molecule has 6 heteroatoms. The Kier molecular flexibility index (Phi) is 2.65. The van der Waals surface area contributed by atoms with Crippen LogP contribution >= 0.6 is 11.6 Å². The molecule has 1 aromatic carbocycles. The summed E-state index contributed by atoms with van der Waals surface area (Å²) in [5.41, 5.74) is 4.50. The lowest BCUT2D eigenvalue weighted by Gasteiger charge is -2.12. The lowest BCUT2D eigenvalue weighted by Crippen LogP contribution is -2.07. The van der Waals surface area contributed by atoms with E-state index in [1.165, 1.54) is 11.1 Å². The Morgan fingerprint density at radius 2 is 1.95 bits per heavy atom. The van der Waals surface area contributed by atoms with E-state index in [9.17, 15) is 0 Å². The largest absolute Gasteiger partial charge is 0.495 e. The van der Waals surface area contributed by atoms with E-state index in [0.717, 1.165) is 35.5 Å². The first-order valence-corrected chi connectivity index (χ1v) is 7.19. The number of pyridine rings is 1. The van der Waals surface area contributed by atoms with Crippen molar-refractivity contribution < 1.29 is 4.74 Å². The van der Waals surface area contributed by atoms with E-state index in [1.54, 1.807) is 7.11 Å². The fourth-order valence-electron chi connectivity index (χ4n) is 3.21. The lowest BCUT2D eigenvalue weighted by molar-refractivity contribution is 0.354. The van der Waals surface area contributed by atoms with Gasteiger partial charge in [0.25, 0.3) is 0 Å². The number of rotatable bonds is 1.